The predicted octanol–water partition coefficient (Wildman–Crippen LogP) is 3.03. The minimum absolute atomic E-state index is 0.693. The van der Waals surface area contributed by atoms with Crippen LogP contribution in [0, 0.1) is 0 Å². The molecule has 0 amide bonds. The number of allylic oxidation sites excluding steroid dienone is 4. The second kappa shape index (κ2) is 2.56. The van der Waals surface area contributed by atoms with Crippen LogP contribution in [0.2, 0.25) is 0 Å². The Hall–Kier alpha value is 0.0600. The lowest BCUT2D eigenvalue weighted by Crippen LogP contribution is -1.80. The molecule has 0 N–H and O–H groups in total. The van der Waals surface area contributed by atoms with Crippen molar-refractivity contribution in [1.82, 2.24) is 0 Å². The fraction of sp³-hybridized carbons (Fsp3) is 0.333. The highest BCUT2D eigenvalue weighted by Crippen LogP contribution is 2.24. The number of rotatable bonds is 0. The van der Waals surface area contributed by atoms with Crippen LogP contribution in [0.3, 0.4) is 0 Å². The summed E-state index contributed by atoms with van der Waals surface area (Å²) in [7, 11) is 0. The van der Waals surface area contributed by atoms with Gasteiger partial charge in [0.25, 0.3) is 0 Å². The molecule has 0 aliphatic heterocycles. The van der Waals surface area contributed by atoms with Gasteiger partial charge in [-0.3, -0.25) is 0 Å². The Balaban J connectivity index is 2.73. The van der Waals surface area contributed by atoms with Crippen molar-refractivity contribution in [2.75, 3.05) is 0 Å². The summed E-state index contributed by atoms with van der Waals surface area (Å²) in [5, 5.41) is 1.39. The molecule has 0 nitrogen and oxygen atoms in total. The normalized spacial score (nSPS) is 19.8. The third-order valence-corrected chi connectivity index (χ3v) is 1.85. The summed E-state index contributed by atoms with van der Waals surface area (Å²) < 4.78 is 0. The maximum Gasteiger partial charge on any atom is 0.0549 e. The van der Waals surface area contributed by atoms with Gasteiger partial charge in [0, 0.05) is 0 Å². The summed E-state index contributed by atoms with van der Waals surface area (Å²) >= 11 is 11.3. The van der Waals surface area contributed by atoms with E-state index >= 15 is 0 Å². The summed E-state index contributed by atoms with van der Waals surface area (Å²) in [4.78, 5) is 0. The van der Waals surface area contributed by atoms with Gasteiger partial charge in [0.15, 0.2) is 0 Å². The molecule has 1 rings (SSSR count). The molecular weight excluding hydrogens is 143 g/mol. The van der Waals surface area contributed by atoms with Gasteiger partial charge in [0.2, 0.25) is 0 Å². The molecule has 0 spiro atoms. The van der Waals surface area contributed by atoms with E-state index in [-0.39, 0.29) is 0 Å². The van der Waals surface area contributed by atoms with Gasteiger partial charge in [-0.05, 0) is 12.8 Å². The zero-order valence-electron chi connectivity index (χ0n) is 4.32. The van der Waals surface area contributed by atoms with E-state index in [2.05, 4.69) is 0 Å². The average Bonchev–Trinajstić information content (AvgIpc) is 1.77. The van der Waals surface area contributed by atoms with E-state index in [1.807, 2.05) is 12.2 Å². The number of hydrogen-bond acceptors (Lipinski definition) is 0. The molecule has 0 bridgehead atoms. The minimum Gasteiger partial charge on any atom is -0.0831 e. The topological polar surface area (TPSA) is 0 Å². The van der Waals surface area contributed by atoms with Crippen LogP contribution >= 0.6 is 23.2 Å². The molecule has 0 heterocycles. The molecule has 2 heteroatoms. The second-order valence-corrected chi connectivity index (χ2v) is 2.50. The van der Waals surface area contributed by atoms with Crippen molar-refractivity contribution in [1.29, 1.82) is 0 Å². The first-order valence-corrected chi connectivity index (χ1v) is 3.28. The maximum atomic E-state index is 5.63. The Morgan fingerprint density at radius 3 is 1.62 bits per heavy atom. The molecule has 0 atom stereocenters. The smallest absolute Gasteiger partial charge is 0.0549 e. The molecule has 1 aliphatic rings. The molecule has 0 unspecified atom stereocenters. The van der Waals surface area contributed by atoms with Crippen LogP contribution in [0.25, 0.3) is 0 Å². The molecular formula is C6H6Cl2. The van der Waals surface area contributed by atoms with Crippen LogP contribution in [-0.2, 0) is 0 Å². The van der Waals surface area contributed by atoms with Crippen molar-refractivity contribution in [2.45, 2.75) is 12.8 Å². The third kappa shape index (κ3) is 1.27. The number of hydrogen-bond donors (Lipinski definition) is 0. The quantitative estimate of drug-likeness (QED) is 0.496. The molecule has 0 aromatic heterocycles. The van der Waals surface area contributed by atoms with Crippen molar-refractivity contribution in [3.05, 3.63) is 22.2 Å². The second-order valence-electron chi connectivity index (χ2n) is 1.68. The third-order valence-electron chi connectivity index (χ3n) is 1.04. The van der Waals surface area contributed by atoms with Crippen LogP contribution in [0.4, 0.5) is 0 Å². The Morgan fingerprint density at radius 1 is 1.00 bits per heavy atom. The maximum absolute atomic E-state index is 5.63. The lowest BCUT2D eigenvalue weighted by atomic mass is 10.2. The fourth-order valence-electron chi connectivity index (χ4n) is 0.615. The standard InChI is InChI=1S/C6H6Cl2/c7-5-3-1-2-4-6(5)8/h3-4H,1-2H2. The Kier molecular flexibility index (Phi) is 1.98. The van der Waals surface area contributed by atoms with Crippen LogP contribution in [0.5, 0.6) is 0 Å². The summed E-state index contributed by atoms with van der Waals surface area (Å²) in [6.07, 6.45) is 5.91. The van der Waals surface area contributed by atoms with Crippen molar-refractivity contribution in [3.63, 3.8) is 0 Å². The van der Waals surface area contributed by atoms with Gasteiger partial charge in [0.05, 0.1) is 10.1 Å². The van der Waals surface area contributed by atoms with E-state index in [1.165, 1.54) is 0 Å². The Bertz CT molecular complexity index is 127. The predicted molar refractivity (Wildman–Crippen MR) is 37.1 cm³/mol. The number of halogens is 2. The van der Waals surface area contributed by atoms with Crippen LogP contribution < -0.4 is 0 Å². The lowest BCUT2D eigenvalue weighted by Gasteiger charge is -2.01. The first-order valence-electron chi connectivity index (χ1n) is 2.52. The molecule has 0 fully saturated rings. The van der Waals surface area contributed by atoms with Gasteiger partial charge < -0.3 is 0 Å². The first-order chi connectivity index (χ1) is 3.80. The lowest BCUT2D eigenvalue weighted by molar-refractivity contribution is 1.03. The summed E-state index contributed by atoms with van der Waals surface area (Å²) in [6.45, 7) is 0. The summed E-state index contributed by atoms with van der Waals surface area (Å²) in [5.74, 6) is 0. The van der Waals surface area contributed by atoms with Crippen molar-refractivity contribution in [3.8, 4) is 0 Å². The fourth-order valence-corrected chi connectivity index (χ4v) is 0.988. The summed E-state index contributed by atoms with van der Waals surface area (Å²) in [5.41, 5.74) is 0. The Labute approximate surface area is 58.8 Å². The molecule has 0 saturated heterocycles. The highest BCUT2D eigenvalue weighted by atomic mass is 35.5. The molecule has 44 valence electrons. The van der Waals surface area contributed by atoms with Gasteiger partial charge in [-0.2, -0.15) is 0 Å². The highest BCUT2D eigenvalue weighted by Gasteiger charge is 2.00. The van der Waals surface area contributed by atoms with Gasteiger partial charge in [0.1, 0.15) is 0 Å². The van der Waals surface area contributed by atoms with E-state index < -0.39 is 0 Å². The zero-order valence-corrected chi connectivity index (χ0v) is 5.84. The van der Waals surface area contributed by atoms with E-state index in [0.29, 0.717) is 10.1 Å². The minimum atomic E-state index is 0.693. The van der Waals surface area contributed by atoms with E-state index in [4.69, 9.17) is 23.2 Å². The van der Waals surface area contributed by atoms with Crippen LogP contribution in [0.1, 0.15) is 12.8 Å². The van der Waals surface area contributed by atoms with Crippen molar-refractivity contribution < 1.29 is 0 Å². The summed E-state index contributed by atoms with van der Waals surface area (Å²) in [6, 6.07) is 0. The molecule has 1 aliphatic carbocycles. The zero-order chi connectivity index (χ0) is 5.98. The van der Waals surface area contributed by atoms with E-state index in [9.17, 15) is 0 Å². The average molecular weight is 149 g/mol. The first kappa shape index (κ1) is 6.18. The van der Waals surface area contributed by atoms with Gasteiger partial charge in [-0.25, -0.2) is 0 Å². The Morgan fingerprint density at radius 2 is 1.38 bits per heavy atom. The van der Waals surface area contributed by atoms with E-state index in [0.717, 1.165) is 12.8 Å². The SMILES string of the molecule is ClC1=CCCC=C1Cl. The van der Waals surface area contributed by atoms with Gasteiger partial charge >= 0.3 is 0 Å². The van der Waals surface area contributed by atoms with Crippen LogP contribution in [0.15, 0.2) is 22.2 Å². The van der Waals surface area contributed by atoms with Crippen molar-refractivity contribution >= 4 is 23.2 Å². The molecule has 0 aromatic carbocycles. The highest BCUT2D eigenvalue weighted by molar-refractivity contribution is 6.43. The van der Waals surface area contributed by atoms with E-state index in [1.54, 1.807) is 0 Å². The monoisotopic (exact) mass is 148 g/mol. The largest absolute Gasteiger partial charge is 0.0831 e. The molecule has 0 aromatic rings. The molecule has 8 heavy (non-hydrogen) atoms. The van der Waals surface area contributed by atoms with Crippen molar-refractivity contribution in [2.24, 2.45) is 0 Å². The molecule has 0 radical (unpaired) electrons. The van der Waals surface area contributed by atoms with Gasteiger partial charge in [-0.15, -0.1) is 0 Å². The van der Waals surface area contributed by atoms with Gasteiger partial charge in [-0.1, -0.05) is 35.4 Å². The van der Waals surface area contributed by atoms with Crippen LogP contribution in [-0.4, -0.2) is 0 Å². The molecule has 0 saturated carbocycles.